The SMILES string of the molecule is CCOC(=O)C(NC)c1ccc(O)c(Cl)c1. The smallest absolute Gasteiger partial charge is 0.327 e. The quantitative estimate of drug-likeness (QED) is 0.793. The Morgan fingerprint density at radius 1 is 1.62 bits per heavy atom. The third-order valence-electron chi connectivity index (χ3n) is 2.12. The summed E-state index contributed by atoms with van der Waals surface area (Å²) in [6.45, 7) is 2.07. The van der Waals surface area contributed by atoms with Gasteiger partial charge in [0.2, 0.25) is 0 Å². The molecule has 1 aromatic carbocycles. The van der Waals surface area contributed by atoms with Crippen LogP contribution in [0.4, 0.5) is 0 Å². The van der Waals surface area contributed by atoms with Crippen molar-refractivity contribution < 1.29 is 14.6 Å². The largest absolute Gasteiger partial charge is 0.506 e. The van der Waals surface area contributed by atoms with Crippen LogP contribution in [0, 0.1) is 0 Å². The maximum absolute atomic E-state index is 11.6. The number of esters is 1. The summed E-state index contributed by atoms with van der Waals surface area (Å²) in [5.41, 5.74) is 0.656. The highest BCUT2D eigenvalue weighted by molar-refractivity contribution is 6.32. The molecule has 0 fully saturated rings. The maximum atomic E-state index is 11.6. The minimum Gasteiger partial charge on any atom is -0.506 e. The standard InChI is InChI=1S/C11H14ClNO3/c1-3-16-11(15)10(13-2)7-4-5-9(14)8(12)6-7/h4-6,10,13-14H,3H2,1-2H3. The van der Waals surface area contributed by atoms with Gasteiger partial charge in [0, 0.05) is 0 Å². The van der Waals surface area contributed by atoms with E-state index in [1.165, 1.54) is 12.1 Å². The first-order valence-corrected chi connectivity index (χ1v) is 5.30. The van der Waals surface area contributed by atoms with Crippen LogP contribution < -0.4 is 5.32 Å². The topological polar surface area (TPSA) is 58.6 Å². The predicted molar refractivity (Wildman–Crippen MR) is 61.6 cm³/mol. The number of phenolic OH excluding ortho intramolecular Hbond substituents is 1. The molecule has 0 spiro atoms. The number of aromatic hydroxyl groups is 1. The number of carbonyl (C=O) groups is 1. The summed E-state index contributed by atoms with van der Waals surface area (Å²) in [5, 5.41) is 12.3. The molecule has 0 amide bonds. The zero-order valence-corrected chi connectivity index (χ0v) is 9.91. The zero-order chi connectivity index (χ0) is 12.1. The summed E-state index contributed by atoms with van der Waals surface area (Å²) >= 11 is 5.77. The summed E-state index contributed by atoms with van der Waals surface area (Å²) in [7, 11) is 1.66. The second-order valence-electron chi connectivity index (χ2n) is 3.18. The van der Waals surface area contributed by atoms with Crippen molar-refractivity contribution in [3.05, 3.63) is 28.8 Å². The molecule has 0 bridgehead atoms. The van der Waals surface area contributed by atoms with Crippen LogP contribution in [0.1, 0.15) is 18.5 Å². The van der Waals surface area contributed by atoms with Gasteiger partial charge in [-0.05, 0) is 31.7 Å². The van der Waals surface area contributed by atoms with Gasteiger partial charge in [-0.1, -0.05) is 17.7 Å². The normalized spacial score (nSPS) is 12.2. The lowest BCUT2D eigenvalue weighted by Crippen LogP contribution is -2.27. The van der Waals surface area contributed by atoms with Crippen LogP contribution in [0.2, 0.25) is 5.02 Å². The Labute approximate surface area is 99.2 Å². The van der Waals surface area contributed by atoms with E-state index < -0.39 is 6.04 Å². The fraction of sp³-hybridized carbons (Fsp3) is 0.364. The third-order valence-corrected chi connectivity index (χ3v) is 2.42. The van der Waals surface area contributed by atoms with E-state index in [0.717, 1.165) is 0 Å². The molecule has 0 aliphatic heterocycles. The minimum absolute atomic E-state index is 0.0101. The van der Waals surface area contributed by atoms with Gasteiger partial charge in [-0.3, -0.25) is 0 Å². The van der Waals surface area contributed by atoms with Crippen LogP contribution in [0.5, 0.6) is 5.75 Å². The first kappa shape index (κ1) is 12.8. The summed E-state index contributed by atoms with van der Waals surface area (Å²) in [4.78, 5) is 11.6. The molecule has 1 aromatic rings. The van der Waals surface area contributed by atoms with Crippen molar-refractivity contribution in [2.45, 2.75) is 13.0 Å². The molecule has 1 rings (SSSR count). The Balaban J connectivity index is 2.95. The van der Waals surface area contributed by atoms with Gasteiger partial charge in [0.15, 0.2) is 0 Å². The van der Waals surface area contributed by atoms with E-state index in [0.29, 0.717) is 12.2 Å². The van der Waals surface area contributed by atoms with E-state index in [-0.39, 0.29) is 16.7 Å². The van der Waals surface area contributed by atoms with Crippen LogP contribution in [0.25, 0.3) is 0 Å². The van der Waals surface area contributed by atoms with Gasteiger partial charge < -0.3 is 15.2 Å². The van der Waals surface area contributed by atoms with Crippen LogP contribution in [-0.2, 0) is 9.53 Å². The Morgan fingerprint density at radius 3 is 2.81 bits per heavy atom. The number of ether oxygens (including phenoxy) is 1. The molecule has 88 valence electrons. The van der Waals surface area contributed by atoms with Gasteiger partial charge in [0.25, 0.3) is 0 Å². The van der Waals surface area contributed by atoms with Gasteiger partial charge in [0.1, 0.15) is 11.8 Å². The van der Waals surface area contributed by atoms with Crippen molar-refractivity contribution in [3.8, 4) is 5.75 Å². The molecular weight excluding hydrogens is 230 g/mol. The van der Waals surface area contributed by atoms with Gasteiger partial charge in [-0.2, -0.15) is 0 Å². The predicted octanol–water partition coefficient (Wildman–Crippen LogP) is 1.87. The summed E-state index contributed by atoms with van der Waals surface area (Å²) in [6.07, 6.45) is 0. The lowest BCUT2D eigenvalue weighted by Gasteiger charge is -2.15. The Morgan fingerprint density at radius 2 is 2.31 bits per heavy atom. The molecule has 1 unspecified atom stereocenters. The molecular formula is C11H14ClNO3. The second-order valence-corrected chi connectivity index (χ2v) is 3.59. The minimum atomic E-state index is -0.571. The molecule has 0 saturated heterocycles. The van der Waals surface area contributed by atoms with Crippen LogP contribution in [-0.4, -0.2) is 24.7 Å². The molecule has 0 saturated carbocycles. The highest BCUT2D eigenvalue weighted by atomic mass is 35.5. The van der Waals surface area contributed by atoms with Crippen LogP contribution in [0.15, 0.2) is 18.2 Å². The maximum Gasteiger partial charge on any atom is 0.327 e. The monoisotopic (exact) mass is 243 g/mol. The summed E-state index contributed by atoms with van der Waals surface area (Å²) in [5.74, 6) is -0.379. The Bertz CT molecular complexity index is 381. The number of hydrogen-bond donors (Lipinski definition) is 2. The van der Waals surface area contributed by atoms with E-state index in [4.69, 9.17) is 16.3 Å². The fourth-order valence-electron chi connectivity index (χ4n) is 1.35. The number of benzene rings is 1. The zero-order valence-electron chi connectivity index (χ0n) is 9.16. The molecule has 16 heavy (non-hydrogen) atoms. The average Bonchev–Trinajstić information content (AvgIpc) is 2.25. The van der Waals surface area contributed by atoms with Crippen molar-refractivity contribution in [2.24, 2.45) is 0 Å². The highest BCUT2D eigenvalue weighted by Crippen LogP contribution is 2.26. The number of nitrogens with one attached hydrogen (secondary N) is 1. The first-order chi connectivity index (χ1) is 7.60. The first-order valence-electron chi connectivity index (χ1n) is 4.92. The van der Waals surface area contributed by atoms with Crippen molar-refractivity contribution in [2.75, 3.05) is 13.7 Å². The summed E-state index contributed by atoms with van der Waals surface area (Å²) in [6, 6.07) is 4.04. The van der Waals surface area contributed by atoms with Crippen molar-refractivity contribution in [3.63, 3.8) is 0 Å². The highest BCUT2D eigenvalue weighted by Gasteiger charge is 2.20. The van der Waals surface area contributed by atoms with Crippen molar-refractivity contribution >= 4 is 17.6 Å². The molecule has 0 aliphatic carbocycles. The van der Waals surface area contributed by atoms with Gasteiger partial charge in [0.05, 0.1) is 11.6 Å². The Hall–Kier alpha value is -1.26. The number of hydrogen-bond acceptors (Lipinski definition) is 4. The van der Waals surface area contributed by atoms with Gasteiger partial charge >= 0.3 is 5.97 Å². The van der Waals surface area contributed by atoms with E-state index in [2.05, 4.69) is 5.32 Å². The number of likely N-dealkylation sites (N-methyl/N-ethyl adjacent to an activating group) is 1. The number of halogens is 1. The molecule has 5 heteroatoms. The van der Waals surface area contributed by atoms with E-state index in [9.17, 15) is 9.90 Å². The van der Waals surface area contributed by atoms with Crippen LogP contribution >= 0.6 is 11.6 Å². The molecule has 0 radical (unpaired) electrons. The molecule has 2 N–H and O–H groups in total. The number of phenols is 1. The van der Waals surface area contributed by atoms with E-state index in [1.807, 2.05) is 0 Å². The lowest BCUT2D eigenvalue weighted by atomic mass is 10.1. The Kier molecular flexibility index (Phi) is 4.58. The number of rotatable bonds is 4. The van der Waals surface area contributed by atoms with E-state index >= 15 is 0 Å². The molecule has 1 atom stereocenters. The second kappa shape index (κ2) is 5.72. The van der Waals surface area contributed by atoms with Gasteiger partial charge in [-0.25, -0.2) is 4.79 Å². The summed E-state index contributed by atoms with van der Waals surface area (Å²) < 4.78 is 4.91. The van der Waals surface area contributed by atoms with Crippen LogP contribution in [0.3, 0.4) is 0 Å². The van der Waals surface area contributed by atoms with Crippen molar-refractivity contribution in [1.82, 2.24) is 5.32 Å². The molecule has 0 heterocycles. The average molecular weight is 244 g/mol. The lowest BCUT2D eigenvalue weighted by molar-refractivity contribution is -0.145. The molecule has 4 nitrogen and oxygen atoms in total. The van der Waals surface area contributed by atoms with E-state index in [1.54, 1.807) is 20.0 Å². The third kappa shape index (κ3) is 2.87. The fourth-order valence-corrected chi connectivity index (χ4v) is 1.54. The van der Waals surface area contributed by atoms with Crippen molar-refractivity contribution in [1.29, 1.82) is 0 Å². The molecule has 0 aliphatic rings. The number of carbonyl (C=O) groups excluding carboxylic acids is 1. The van der Waals surface area contributed by atoms with Gasteiger partial charge in [-0.15, -0.1) is 0 Å². The molecule has 0 aromatic heterocycles.